The number of aryl methyl sites for hydroxylation is 2. The highest BCUT2D eigenvalue weighted by molar-refractivity contribution is 5.30. The van der Waals surface area contributed by atoms with E-state index < -0.39 is 0 Å². The number of imidazole rings is 1. The number of aromatic nitrogens is 2. The first-order valence-corrected chi connectivity index (χ1v) is 7.33. The van der Waals surface area contributed by atoms with E-state index in [4.69, 9.17) is 0 Å². The molecular weight excluding hydrogens is 246 g/mol. The van der Waals surface area contributed by atoms with Crippen LogP contribution in [0, 0.1) is 19.8 Å². The lowest BCUT2D eigenvalue weighted by atomic mass is 10.1. The van der Waals surface area contributed by atoms with Gasteiger partial charge in [-0.05, 0) is 31.9 Å². The fraction of sp³-hybridized carbons (Fsp3) is 0.471. The molecule has 1 aromatic heterocycles. The Morgan fingerprint density at radius 2 is 1.85 bits per heavy atom. The Balaban J connectivity index is 1.95. The van der Waals surface area contributed by atoms with Gasteiger partial charge >= 0.3 is 0 Å². The molecule has 0 radical (unpaired) electrons. The summed E-state index contributed by atoms with van der Waals surface area (Å²) in [6.45, 7) is 10.6. The second-order valence-corrected chi connectivity index (χ2v) is 6.05. The number of nitrogens with one attached hydrogen (secondary N) is 2. The van der Waals surface area contributed by atoms with E-state index in [1.165, 1.54) is 16.7 Å². The Kier molecular flexibility index (Phi) is 4.96. The lowest BCUT2D eigenvalue weighted by Gasteiger charge is -2.05. The molecule has 0 aliphatic carbocycles. The van der Waals surface area contributed by atoms with Crippen LogP contribution < -0.4 is 5.32 Å². The molecule has 0 saturated carbocycles. The summed E-state index contributed by atoms with van der Waals surface area (Å²) in [4.78, 5) is 7.87. The first-order valence-electron chi connectivity index (χ1n) is 7.33. The number of H-pyrrole nitrogens is 1. The van der Waals surface area contributed by atoms with E-state index in [0.29, 0.717) is 5.92 Å². The molecule has 1 aromatic carbocycles. The first kappa shape index (κ1) is 14.8. The third-order valence-electron chi connectivity index (χ3n) is 3.20. The topological polar surface area (TPSA) is 40.7 Å². The molecule has 0 fully saturated rings. The number of rotatable bonds is 6. The van der Waals surface area contributed by atoms with Crippen LogP contribution in [0.15, 0.2) is 24.4 Å². The van der Waals surface area contributed by atoms with Gasteiger partial charge in [0, 0.05) is 24.9 Å². The van der Waals surface area contributed by atoms with Crippen LogP contribution in [0.5, 0.6) is 0 Å². The van der Waals surface area contributed by atoms with Gasteiger partial charge in [-0.2, -0.15) is 0 Å². The fourth-order valence-electron chi connectivity index (χ4n) is 2.45. The minimum atomic E-state index is 0.674. The standard InChI is InChI=1S/C17H25N3/c1-12(2)9-18-10-16-11-19-17(20-16)8-15-6-13(3)5-14(4)7-15/h5-7,11-12,18H,8-10H2,1-4H3,(H,19,20). The Bertz CT molecular complexity index is 535. The molecule has 0 bridgehead atoms. The van der Waals surface area contributed by atoms with Crippen molar-refractivity contribution in [1.82, 2.24) is 15.3 Å². The molecule has 0 aliphatic rings. The minimum Gasteiger partial charge on any atom is -0.345 e. The Morgan fingerprint density at radius 3 is 2.50 bits per heavy atom. The summed E-state index contributed by atoms with van der Waals surface area (Å²) in [5.74, 6) is 1.71. The van der Waals surface area contributed by atoms with Gasteiger partial charge < -0.3 is 10.3 Å². The van der Waals surface area contributed by atoms with Gasteiger partial charge in [-0.25, -0.2) is 4.98 Å². The molecule has 0 unspecified atom stereocenters. The molecule has 20 heavy (non-hydrogen) atoms. The number of nitrogens with zero attached hydrogens (tertiary/aromatic N) is 1. The molecule has 2 rings (SSSR count). The van der Waals surface area contributed by atoms with E-state index in [0.717, 1.165) is 31.0 Å². The molecule has 0 atom stereocenters. The summed E-state index contributed by atoms with van der Waals surface area (Å²) in [5, 5.41) is 3.43. The van der Waals surface area contributed by atoms with Crippen molar-refractivity contribution in [3.8, 4) is 0 Å². The highest BCUT2D eigenvalue weighted by Gasteiger charge is 2.03. The Morgan fingerprint density at radius 1 is 1.15 bits per heavy atom. The highest BCUT2D eigenvalue weighted by atomic mass is 15.0. The summed E-state index contributed by atoms with van der Waals surface area (Å²) in [6.07, 6.45) is 2.80. The SMILES string of the molecule is Cc1cc(C)cc(Cc2ncc(CNCC(C)C)[nH]2)c1. The normalized spacial score (nSPS) is 11.2. The van der Waals surface area contributed by atoms with Crippen molar-refractivity contribution in [2.75, 3.05) is 6.54 Å². The Labute approximate surface area is 121 Å². The van der Waals surface area contributed by atoms with Gasteiger partial charge in [0.2, 0.25) is 0 Å². The zero-order valence-corrected chi connectivity index (χ0v) is 13.0. The third-order valence-corrected chi connectivity index (χ3v) is 3.20. The van der Waals surface area contributed by atoms with Crippen LogP contribution in [-0.2, 0) is 13.0 Å². The van der Waals surface area contributed by atoms with Gasteiger partial charge in [0.25, 0.3) is 0 Å². The van der Waals surface area contributed by atoms with Gasteiger partial charge in [-0.1, -0.05) is 43.2 Å². The predicted molar refractivity (Wildman–Crippen MR) is 83.9 cm³/mol. The molecule has 108 valence electrons. The number of hydrogen-bond donors (Lipinski definition) is 2. The Hall–Kier alpha value is -1.61. The van der Waals surface area contributed by atoms with Crippen LogP contribution in [0.25, 0.3) is 0 Å². The summed E-state index contributed by atoms with van der Waals surface area (Å²) >= 11 is 0. The fourth-order valence-corrected chi connectivity index (χ4v) is 2.45. The summed E-state index contributed by atoms with van der Waals surface area (Å²) in [6, 6.07) is 6.66. The van der Waals surface area contributed by atoms with Gasteiger partial charge in [-0.15, -0.1) is 0 Å². The van der Waals surface area contributed by atoms with Crippen molar-refractivity contribution in [2.45, 2.75) is 40.7 Å². The molecule has 3 heteroatoms. The second kappa shape index (κ2) is 6.71. The van der Waals surface area contributed by atoms with Crippen LogP contribution in [0.4, 0.5) is 0 Å². The molecule has 0 saturated heterocycles. The van der Waals surface area contributed by atoms with Crippen molar-refractivity contribution in [3.05, 3.63) is 52.6 Å². The second-order valence-electron chi connectivity index (χ2n) is 6.05. The van der Waals surface area contributed by atoms with E-state index in [1.54, 1.807) is 0 Å². The molecule has 0 spiro atoms. The van der Waals surface area contributed by atoms with Crippen LogP contribution in [0.1, 0.15) is 42.1 Å². The maximum absolute atomic E-state index is 4.47. The van der Waals surface area contributed by atoms with E-state index >= 15 is 0 Å². The molecule has 0 amide bonds. The minimum absolute atomic E-state index is 0.674. The molecule has 0 aliphatic heterocycles. The summed E-state index contributed by atoms with van der Waals surface area (Å²) < 4.78 is 0. The van der Waals surface area contributed by atoms with Gasteiger partial charge in [0.1, 0.15) is 5.82 Å². The van der Waals surface area contributed by atoms with Crippen molar-refractivity contribution in [3.63, 3.8) is 0 Å². The highest BCUT2D eigenvalue weighted by Crippen LogP contribution is 2.12. The van der Waals surface area contributed by atoms with Gasteiger partial charge in [0.05, 0.1) is 0 Å². The van der Waals surface area contributed by atoms with Crippen LogP contribution in [-0.4, -0.2) is 16.5 Å². The van der Waals surface area contributed by atoms with Gasteiger partial charge in [0.15, 0.2) is 0 Å². The molecular formula is C17H25N3. The smallest absolute Gasteiger partial charge is 0.110 e. The number of hydrogen-bond acceptors (Lipinski definition) is 2. The van der Waals surface area contributed by atoms with Crippen LogP contribution in [0.2, 0.25) is 0 Å². The monoisotopic (exact) mass is 271 g/mol. The van der Waals surface area contributed by atoms with Gasteiger partial charge in [-0.3, -0.25) is 0 Å². The molecule has 1 heterocycles. The van der Waals surface area contributed by atoms with E-state index in [9.17, 15) is 0 Å². The average Bonchev–Trinajstić information content (AvgIpc) is 2.74. The zero-order valence-electron chi connectivity index (χ0n) is 13.0. The quantitative estimate of drug-likeness (QED) is 0.845. The summed E-state index contributed by atoms with van der Waals surface area (Å²) in [5.41, 5.74) is 5.10. The van der Waals surface area contributed by atoms with E-state index in [2.05, 4.69) is 61.2 Å². The maximum atomic E-state index is 4.47. The third kappa shape index (κ3) is 4.49. The molecule has 2 N–H and O–H groups in total. The number of aromatic amines is 1. The average molecular weight is 271 g/mol. The van der Waals surface area contributed by atoms with E-state index in [1.807, 2.05) is 6.20 Å². The largest absolute Gasteiger partial charge is 0.345 e. The first-order chi connectivity index (χ1) is 9.52. The van der Waals surface area contributed by atoms with Crippen LogP contribution >= 0.6 is 0 Å². The zero-order chi connectivity index (χ0) is 14.5. The van der Waals surface area contributed by atoms with E-state index in [-0.39, 0.29) is 0 Å². The van der Waals surface area contributed by atoms with Crippen molar-refractivity contribution in [2.24, 2.45) is 5.92 Å². The summed E-state index contributed by atoms with van der Waals surface area (Å²) in [7, 11) is 0. The maximum Gasteiger partial charge on any atom is 0.110 e. The van der Waals surface area contributed by atoms with Crippen LogP contribution in [0.3, 0.4) is 0 Å². The van der Waals surface area contributed by atoms with Crippen molar-refractivity contribution >= 4 is 0 Å². The lowest BCUT2D eigenvalue weighted by Crippen LogP contribution is -2.19. The molecule has 2 aromatic rings. The van der Waals surface area contributed by atoms with Crippen molar-refractivity contribution in [1.29, 1.82) is 0 Å². The van der Waals surface area contributed by atoms with Crippen molar-refractivity contribution < 1.29 is 0 Å². The predicted octanol–water partition coefficient (Wildman–Crippen LogP) is 3.36. The lowest BCUT2D eigenvalue weighted by molar-refractivity contribution is 0.548. The number of benzene rings is 1. The molecule has 3 nitrogen and oxygen atoms in total.